The van der Waals surface area contributed by atoms with E-state index in [-0.39, 0.29) is 30.8 Å². The number of hydrogen-bond acceptors (Lipinski definition) is 4. The molecule has 35 heavy (non-hydrogen) atoms. The first-order valence-corrected chi connectivity index (χ1v) is 12.8. The zero-order valence-electron chi connectivity index (χ0n) is 20.6. The van der Waals surface area contributed by atoms with Gasteiger partial charge in [-0.2, -0.15) is 0 Å². The van der Waals surface area contributed by atoms with E-state index in [0.717, 1.165) is 36.8 Å². The van der Waals surface area contributed by atoms with Crippen molar-refractivity contribution in [2.75, 3.05) is 14.2 Å². The van der Waals surface area contributed by atoms with E-state index in [0.29, 0.717) is 28.0 Å². The van der Waals surface area contributed by atoms with Gasteiger partial charge >= 0.3 is 0 Å². The Hall–Kier alpha value is -2.44. The monoisotopic (exact) mass is 520 g/mol. The lowest BCUT2D eigenvalue weighted by atomic mass is 9.95. The number of aryl methyl sites for hydroxylation is 1. The van der Waals surface area contributed by atoms with Crippen molar-refractivity contribution in [2.24, 2.45) is 0 Å². The van der Waals surface area contributed by atoms with Gasteiger partial charge in [0.25, 0.3) is 0 Å². The number of ether oxygens (including phenoxy) is 2. The molecule has 0 aromatic heterocycles. The van der Waals surface area contributed by atoms with Gasteiger partial charge in [-0.25, -0.2) is 0 Å². The molecule has 6 nitrogen and oxygen atoms in total. The van der Waals surface area contributed by atoms with Gasteiger partial charge in [0, 0.05) is 29.1 Å². The summed E-state index contributed by atoms with van der Waals surface area (Å²) in [6.07, 6.45) is 6.14. The van der Waals surface area contributed by atoms with Crippen molar-refractivity contribution in [1.29, 1.82) is 0 Å². The first-order chi connectivity index (χ1) is 16.8. The Morgan fingerprint density at radius 1 is 1.03 bits per heavy atom. The smallest absolute Gasteiger partial charge is 0.242 e. The van der Waals surface area contributed by atoms with Gasteiger partial charge in [0.2, 0.25) is 11.8 Å². The first-order valence-electron chi connectivity index (χ1n) is 12.1. The lowest BCUT2D eigenvalue weighted by molar-refractivity contribution is -0.141. The maximum atomic E-state index is 13.4. The van der Waals surface area contributed by atoms with Crippen LogP contribution in [0.5, 0.6) is 11.5 Å². The molecule has 190 valence electrons. The van der Waals surface area contributed by atoms with E-state index in [1.54, 1.807) is 44.2 Å². The number of rotatable bonds is 10. The third kappa shape index (κ3) is 7.52. The molecule has 3 rings (SSSR count). The average molecular weight is 521 g/mol. The lowest BCUT2D eigenvalue weighted by Gasteiger charge is -2.31. The van der Waals surface area contributed by atoms with Crippen LogP contribution in [0.3, 0.4) is 0 Å². The Morgan fingerprint density at radius 2 is 1.74 bits per heavy atom. The Kier molecular flexibility index (Phi) is 10.1. The normalized spacial score (nSPS) is 14.8. The summed E-state index contributed by atoms with van der Waals surface area (Å²) in [5.74, 6) is 0.982. The van der Waals surface area contributed by atoms with Gasteiger partial charge in [-0.1, -0.05) is 54.6 Å². The minimum absolute atomic E-state index is 0.128. The van der Waals surface area contributed by atoms with Crippen LogP contribution in [0, 0.1) is 0 Å². The summed E-state index contributed by atoms with van der Waals surface area (Å²) in [5, 5.41) is 4.14. The molecule has 0 aliphatic heterocycles. The summed E-state index contributed by atoms with van der Waals surface area (Å²) in [7, 11) is 3.16. The van der Waals surface area contributed by atoms with Crippen LogP contribution in [0.4, 0.5) is 0 Å². The van der Waals surface area contributed by atoms with Crippen LogP contribution in [-0.4, -0.2) is 43.0 Å². The Bertz CT molecular complexity index is 1020. The van der Waals surface area contributed by atoms with Crippen LogP contribution in [0.1, 0.15) is 56.6 Å². The van der Waals surface area contributed by atoms with Crippen LogP contribution in [0.25, 0.3) is 0 Å². The average Bonchev–Trinajstić information content (AvgIpc) is 2.86. The van der Waals surface area contributed by atoms with Crippen molar-refractivity contribution in [3.05, 3.63) is 57.6 Å². The maximum Gasteiger partial charge on any atom is 0.242 e. The highest BCUT2D eigenvalue weighted by molar-refractivity contribution is 6.35. The summed E-state index contributed by atoms with van der Waals surface area (Å²) in [4.78, 5) is 28.2. The van der Waals surface area contributed by atoms with E-state index in [2.05, 4.69) is 5.32 Å². The maximum absolute atomic E-state index is 13.4. The molecule has 1 N–H and O–H groups in total. The predicted molar refractivity (Wildman–Crippen MR) is 139 cm³/mol. The molecule has 0 radical (unpaired) electrons. The topological polar surface area (TPSA) is 67.9 Å². The number of benzene rings is 2. The Balaban J connectivity index is 1.75. The molecule has 8 heteroatoms. The number of halogens is 2. The van der Waals surface area contributed by atoms with Crippen molar-refractivity contribution in [2.45, 2.75) is 70.5 Å². The minimum atomic E-state index is -0.637. The van der Waals surface area contributed by atoms with Crippen LogP contribution >= 0.6 is 23.2 Å². The van der Waals surface area contributed by atoms with Gasteiger partial charge in [-0.3, -0.25) is 9.59 Å². The van der Waals surface area contributed by atoms with Crippen LogP contribution in [-0.2, 0) is 22.6 Å². The number of carbonyl (C=O) groups excluding carboxylic acids is 2. The molecule has 1 fully saturated rings. The third-order valence-corrected chi connectivity index (χ3v) is 7.14. The standard InChI is InChI=1S/C27H34Cl2N2O4/c1-18(27(33)30-22-7-5-4-6-8-22)31(17-20-11-12-21(28)16-23(20)29)26(32)14-10-19-9-13-24(34-2)25(15-19)35-3/h9,11-13,15-16,18,22H,4-8,10,14,17H2,1-3H3,(H,30,33)/t18-/m0/s1. The van der Waals surface area contributed by atoms with E-state index < -0.39 is 6.04 Å². The second-order valence-electron chi connectivity index (χ2n) is 8.97. The SMILES string of the molecule is COc1ccc(CCC(=O)N(Cc2ccc(Cl)cc2Cl)[C@@H](C)C(=O)NC2CCCCC2)cc1OC. The molecule has 1 aliphatic carbocycles. The highest BCUT2D eigenvalue weighted by atomic mass is 35.5. The summed E-state index contributed by atoms with van der Waals surface area (Å²) in [5.41, 5.74) is 1.69. The number of amides is 2. The van der Waals surface area contributed by atoms with Crippen molar-refractivity contribution in [1.82, 2.24) is 10.2 Å². The molecule has 0 saturated heterocycles. The van der Waals surface area contributed by atoms with Gasteiger partial charge < -0.3 is 19.7 Å². The highest BCUT2D eigenvalue weighted by Crippen LogP contribution is 2.28. The molecule has 0 heterocycles. The molecular weight excluding hydrogens is 487 g/mol. The largest absolute Gasteiger partial charge is 0.493 e. The molecule has 1 aliphatic rings. The molecule has 0 spiro atoms. The molecule has 0 bridgehead atoms. The minimum Gasteiger partial charge on any atom is -0.493 e. The molecule has 1 saturated carbocycles. The lowest BCUT2D eigenvalue weighted by Crippen LogP contribution is -2.50. The van der Waals surface area contributed by atoms with Crippen molar-refractivity contribution in [3.8, 4) is 11.5 Å². The third-order valence-electron chi connectivity index (χ3n) is 6.55. The van der Waals surface area contributed by atoms with Crippen molar-refractivity contribution >= 4 is 35.0 Å². The first kappa shape index (κ1) is 27.2. The van der Waals surface area contributed by atoms with Gasteiger partial charge in [0.15, 0.2) is 11.5 Å². The molecule has 2 amide bonds. The van der Waals surface area contributed by atoms with Gasteiger partial charge in [0.05, 0.1) is 14.2 Å². The zero-order chi connectivity index (χ0) is 25.4. The molecule has 0 unspecified atom stereocenters. The van der Waals surface area contributed by atoms with Crippen molar-refractivity contribution < 1.29 is 19.1 Å². The highest BCUT2D eigenvalue weighted by Gasteiger charge is 2.28. The second-order valence-corrected chi connectivity index (χ2v) is 9.81. The number of nitrogens with one attached hydrogen (secondary N) is 1. The number of nitrogens with zero attached hydrogens (tertiary/aromatic N) is 1. The quantitative estimate of drug-likeness (QED) is 0.429. The van der Waals surface area contributed by atoms with Gasteiger partial charge in [-0.05, 0) is 61.6 Å². The molecule has 2 aromatic carbocycles. The number of hydrogen-bond donors (Lipinski definition) is 1. The fraction of sp³-hybridized carbons (Fsp3) is 0.481. The number of carbonyl (C=O) groups is 2. The van der Waals surface area contributed by atoms with Crippen molar-refractivity contribution in [3.63, 3.8) is 0 Å². The summed E-state index contributed by atoms with van der Waals surface area (Å²) in [6, 6.07) is 10.3. The van der Waals surface area contributed by atoms with E-state index in [1.807, 2.05) is 18.2 Å². The molecular formula is C27H34Cl2N2O4. The summed E-state index contributed by atoms with van der Waals surface area (Å²) in [6.45, 7) is 2.00. The van der Waals surface area contributed by atoms with E-state index in [1.165, 1.54) is 6.42 Å². The predicted octanol–water partition coefficient (Wildman–Crippen LogP) is 5.81. The van der Waals surface area contributed by atoms with Gasteiger partial charge in [-0.15, -0.1) is 0 Å². The zero-order valence-corrected chi connectivity index (χ0v) is 22.1. The second kappa shape index (κ2) is 13.0. The van der Waals surface area contributed by atoms with E-state index in [4.69, 9.17) is 32.7 Å². The fourth-order valence-electron chi connectivity index (χ4n) is 4.42. The van der Waals surface area contributed by atoms with Crippen LogP contribution in [0.2, 0.25) is 10.0 Å². The van der Waals surface area contributed by atoms with Crippen LogP contribution in [0.15, 0.2) is 36.4 Å². The fourth-order valence-corrected chi connectivity index (χ4v) is 4.88. The van der Waals surface area contributed by atoms with Crippen LogP contribution < -0.4 is 14.8 Å². The Morgan fingerprint density at radius 3 is 2.40 bits per heavy atom. The van der Waals surface area contributed by atoms with E-state index >= 15 is 0 Å². The molecule has 2 aromatic rings. The van der Waals surface area contributed by atoms with Gasteiger partial charge in [0.1, 0.15) is 6.04 Å². The number of methoxy groups -OCH3 is 2. The Labute approximate surface area is 217 Å². The van der Waals surface area contributed by atoms with E-state index in [9.17, 15) is 9.59 Å². The summed E-state index contributed by atoms with van der Waals surface area (Å²) >= 11 is 12.5. The summed E-state index contributed by atoms with van der Waals surface area (Å²) < 4.78 is 10.7. The molecule has 1 atom stereocenters.